The summed E-state index contributed by atoms with van der Waals surface area (Å²) < 4.78 is 10.7. The maximum atomic E-state index is 13.5. The van der Waals surface area contributed by atoms with E-state index in [-0.39, 0.29) is 82.7 Å². The smallest absolute Gasteiger partial charge is 0.313 e. The third-order valence-corrected chi connectivity index (χ3v) is 9.99. The highest BCUT2D eigenvalue weighted by Gasteiger charge is 3.01. The first-order valence-corrected chi connectivity index (χ1v) is 10.1. The number of ketones is 2. The van der Waals surface area contributed by atoms with Gasteiger partial charge in [-0.3, -0.25) is 19.2 Å². The highest BCUT2D eigenvalue weighted by atomic mass is 16.5. The Bertz CT molecular complexity index is 900. The first-order valence-electron chi connectivity index (χ1n) is 10.1. The number of esters is 2. The minimum absolute atomic E-state index is 0.0335. The van der Waals surface area contributed by atoms with E-state index in [0.717, 1.165) is 0 Å². The summed E-state index contributed by atoms with van der Waals surface area (Å²) in [5.74, 6) is -1.53. The number of fused-ring (bicyclic) bond motifs is 2. The summed E-state index contributed by atoms with van der Waals surface area (Å²) in [5, 5.41) is 0. The van der Waals surface area contributed by atoms with Gasteiger partial charge in [-0.2, -0.15) is 0 Å². The predicted molar refractivity (Wildman–Crippen MR) is 92.1 cm³/mol. The molecular weight excluding hydrogens is 360 g/mol. The Labute approximate surface area is 161 Å². The van der Waals surface area contributed by atoms with Crippen molar-refractivity contribution in [1.29, 1.82) is 0 Å². The minimum atomic E-state index is -1.04. The van der Waals surface area contributed by atoms with E-state index in [4.69, 9.17) is 9.47 Å². The van der Waals surface area contributed by atoms with Crippen LogP contribution in [0.3, 0.4) is 0 Å². The molecule has 0 unspecified atom stereocenters. The number of hydrogen-bond donors (Lipinski definition) is 0. The van der Waals surface area contributed by atoms with Gasteiger partial charge in [0, 0.05) is 11.8 Å². The molecule has 144 valence electrons. The first kappa shape index (κ1) is 15.7. The second kappa shape index (κ2) is 4.19. The van der Waals surface area contributed by atoms with Gasteiger partial charge in [-0.05, 0) is 59.5 Å². The van der Waals surface area contributed by atoms with Crippen LogP contribution < -0.4 is 0 Å². The van der Waals surface area contributed by atoms with Crippen LogP contribution in [0.5, 0.6) is 0 Å². The van der Waals surface area contributed by atoms with Gasteiger partial charge in [-0.25, -0.2) is 0 Å². The van der Waals surface area contributed by atoms with E-state index >= 15 is 0 Å². The van der Waals surface area contributed by atoms with E-state index < -0.39 is 10.8 Å². The lowest BCUT2D eigenvalue weighted by atomic mass is 9.43. The van der Waals surface area contributed by atoms with Crippen molar-refractivity contribution >= 4 is 23.5 Å². The van der Waals surface area contributed by atoms with Crippen LogP contribution in [0.1, 0.15) is 0 Å². The molecule has 0 aromatic rings. The normalized spacial score (nSPS) is 59.5. The summed E-state index contributed by atoms with van der Waals surface area (Å²) in [6, 6.07) is 0. The number of carbonyl (C=O) groups excluding carboxylic acids is 4. The van der Waals surface area contributed by atoms with Crippen LogP contribution in [0.25, 0.3) is 0 Å². The van der Waals surface area contributed by atoms with Crippen molar-refractivity contribution < 1.29 is 28.7 Å². The third-order valence-electron chi connectivity index (χ3n) is 9.99. The Morgan fingerprint density at radius 1 is 0.750 bits per heavy atom. The molecule has 6 heteroatoms. The average molecular weight is 380 g/mol. The number of hydrogen-bond acceptors (Lipinski definition) is 6. The first-order chi connectivity index (χ1) is 13.5. The van der Waals surface area contributed by atoms with E-state index in [1.165, 1.54) is 14.2 Å². The molecule has 28 heavy (non-hydrogen) atoms. The van der Waals surface area contributed by atoms with Gasteiger partial charge in [-0.15, -0.1) is 0 Å². The molecule has 8 rings (SSSR count). The summed E-state index contributed by atoms with van der Waals surface area (Å²) >= 11 is 0. The van der Waals surface area contributed by atoms with E-state index in [0.29, 0.717) is 0 Å². The van der Waals surface area contributed by atoms with Crippen LogP contribution in [0.4, 0.5) is 0 Å². The van der Waals surface area contributed by atoms with Gasteiger partial charge in [0.25, 0.3) is 0 Å². The minimum Gasteiger partial charge on any atom is -0.469 e. The summed E-state index contributed by atoms with van der Waals surface area (Å²) in [6.07, 6.45) is 7.13. The lowest BCUT2D eigenvalue weighted by Gasteiger charge is -2.56. The molecule has 0 heterocycles. The molecule has 0 spiro atoms. The Morgan fingerprint density at radius 2 is 1.14 bits per heavy atom. The summed E-state index contributed by atoms with van der Waals surface area (Å²) in [5.41, 5.74) is -2.09. The molecule has 8 bridgehead atoms. The van der Waals surface area contributed by atoms with E-state index in [2.05, 4.69) is 0 Å². The van der Waals surface area contributed by atoms with E-state index in [1.807, 2.05) is 12.2 Å². The van der Waals surface area contributed by atoms with Gasteiger partial charge in [-0.1, -0.05) is 12.2 Å². The van der Waals surface area contributed by atoms with Crippen molar-refractivity contribution in [2.24, 2.45) is 70.0 Å². The summed E-state index contributed by atoms with van der Waals surface area (Å²) in [7, 11) is 2.73. The maximum absolute atomic E-state index is 13.5. The predicted octanol–water partition coefficient (Wildman–Crippen LogP) is 0.813. The number of methoxy groups -OCH3 is 2. The molecule has 6 fully saturated rings. The van der Waals surface area contributed by atoms with Gasteiger partial charge in [0.2, 0.25) is 0 Å². The fraction of sp³-hybridized carbons (Fsp3) is 0.636. The molecule has 0 radical (unpaired) electrons. The molecule has 0 amide bonds. The van der Waals surface area contributed by atoms with Crippen molar-refractivity contribution in [1.82, 2.24) is 0 Å². The second-order valence-corrected chi connectivity index (χ2v) is 9.71. The molecule has 8 aliphatic carbocycles. The Hall–Kier alpha value is -2.24. The van der Waals surface area contributed by atoms with E-state index in [9.17, 15) is 19.2 Å². The Balaban J connectivity index is 1.56. The van der Waals surface area contributed by atoms with Gasteiger partial charge in [0.15, 0.2) is 11.6 Å². The lowest BCUT2D eigenvalue weighted by molar-refractivity contribution is -0.206. The fourth-order valence-electron chi connectivity index (χ4n) is 10.3. The molecular formula is C22H20O6. The zero-order chi connectivity index (χ0) is 19.3. The Kier molecular flexibility index (Phi) is 2.34. The van der Waals surface area contributed by atoms with Crippen molar-refractivity contribution in [3.05, 3.63) is 24.3 Å². The number of allylic oxidation sites excluding steroid dienone is 4. The van der Waals surface area contributed by atoms with Crippen LogP contribution in [-0.4, -0.2) is 37.7 Å². The highest BCUT2D eigenvalue weighted by Crippen LogP contribution is 2.96. The van der Waals surface area contributed by atoms with Crippen LogP contribution >= 0.6 is 0 Å². The van der Waals surface area contributed by atoms with Gasteiger partial charge >= 0.3 is 11.9 Å². The van der Waals surface area contributed by atoms with E-state index in [1.54, 1.807) is 12.2 Å². The number of rotatable bonds is 2. The van der Waals surface area contributed by atoms with Crippen molar-refractivity contribution in [2.75, 3.05) is 14.2 Å². The molecule has 0 N–H and O–H groups in total. The monoisotopic (exact) mass is 380 g/mol. The van der Waals surface area contributed by atoms with Crippen LogP contribution in [-0.2, 0) is 28.7 Å². The highest BCUT2D eigenvalue weighted by molar-refractivity contribution is 6.03. The summed E-state index contributed by atoms with van der Waals surface area (Å²) in [6.45, 7) is 0. The molecule has 0 aromatic heterocycles. The second-order valence-electron chi connectivity index (χ2n) is 9.71. The quantitative estimate of drug-likeness (QED) is 0.659. The van der Waals surface area contributed by atoms with Crippen LogP contribution in [0, 0.1) is 70.0 Å². The molecule has 6 saturated carbocycles. The largest absolute Gasteiger partial charge is 0.469 e. The number of ether oxygens (including phenoxy) is 2. The standard InChI is InChI=1S/C22H20O6/c1-27-19(25)21-15-7-3-5-10(24)12(7)18-13(15)14-16(22(18,21)20(26)28-2)8-4-6-9(23)11(8)17(14)21/h3-8,11-18H,1-2H3/t7-,8+,11+,12-,13-,14-,15+,16-,17-,18+,21+,22+/m0/s1. The SMILES string of the molecule is COC(=O)[C@]12[C@@H]3[C@@H]4C(=O)C=C[C@@H]4[C@@H]4[C@@H]3[C@H]3[C@@H]1[C@@H]1C=CC(=O)[C@@H]1[C@@H]3[C@@]42C(=O)OC. The molecule has 8 aliphatic rings. The third kappa shape index (κ3) is 1.04. The van der Waals surface area contributed by atoms with Crippen LogP contribution in [0.2, 0.25) is 0 Å². The van der Waals surface area contributed by atoms with Crippen molar-refractivity contribution in [3.63, 3.8) is 0 Å². The maximum Gasteiger partial charge on any atom is 0.313 e. The topological polar surface area (TPSA) is 86.7 Å². The van der Waals surface area contributed by atoms with Gasteiger partial charge in [0.05, 0.1) is 25.0 Å². The zero-order valence-corrected chi connectivity index (χ0v) is 15.5. The average Bonchev–Trinajstić information content (AvgIpc) is 3.49. The Morgan fingerprint density at radius 3 is 1.50 bits per heavy atom. The molecule has 6 nitrogen and oxygen atoms in total. The molecule has 0 aromatic carbocycles. The lowest BCUT2D eigenvalue weighted by Crippen LogP contribution is -2.66. The van der Waals surface area contributed by atoms with Crippen LogP contribution in [0.15, 0.2) is 24.3 Å². The molecule has 0 aliphatic heterocycles. The molecule has 12 atom stereocenters. The number of carbonyl (C=O) groups is 4. The fourth-order valence-corrected chi connectivity index (χ4v) is 10.3. The van der Waals surface area contributed by atoms with Crippen molar-refractivity contribution in [2.45, 2.75) is 0 Å². The van der Waals surface area contributed by atoms with Gasteiger partial charge in [0.1, 0.15) is 0 Å². The van der Waals surface area contributed by atoms with Crippen molar-refractivity contribution in [3.8, 4) is 0 Å². The zero-order valence-electron chi connectivity index (χ0n) is 15.5. The summed E-state index contributed by atoms with van der Waals surface area (Å²) in [4.78, 5) is 52.6. The molecule has 0 saturated heterocycles. The van der Waals surface area contributed by atoms with Gasteiger partial charge < -0.3 is 9.47 Å².